The predicted molar refractivity (Wildman–Crippen MR) is 118 cm³/mol. The fourth-order valence-corrected chi connectivity index (χ4v) is 3.47. The van der Waals surface area contributed by atoms with Crippen molar-refractivity contribution < 1.29 is 9.21 Å². The topological polar surface area (TPSA) is 85.8 Å². The number of rotatable bonds is 6. The van der Waals surface area contributed by atoms with E-state index in [0.29, 0.717) is 29.5 Å². The lowest BCUT2D eigenvalue weighted by atomic mass is 10.2. The van der Waals surface area contributed by atoms with Crippen LogP contribution < -0.4 is 5.32 Å². The van der Waals surface area contributed by atoms with E-state index in [9.17, 15) is 4.79 Å². The van der Waals surface area contributed by atoms with Crippen LogP contribution in [0, 0.1) is 0 Å². The summed E-state index contributed by atoms with van der Waals surface area (Å²) in [5.74, 6) is 0.848. The lowest BCUT2D eigenvalue weighted by molar-refractivity contribution is 0.102. The van der Waals surface area contributed by atoms with Crippen molar-refractivity contribution in [2.75, 3.05) is 5.32 Å². The maximum Gasteiger partial charge on any atom is 0.258 e. The summed E-state index contributed by atoms with van der Waals surface area (Å²) < 4.78 is 7.40. The van der Waals surface area contributed by atoms with E-state index in [2.05, 4.69) is 20.3 Å². The molecule has 1 aromatic carbocycles. The molecule has 4 aromatic heterocycles. The van der Waals surface area contributed by atoms with Gasteiger partial charge in [-0.15, -0.1) is 0 Å². The summed E-state index contributed by atoms with van der Waals surface area (Å²) >= 11 is 0. The Morgan fingerprint density at radius 2 is 1.87 bits per heavy atom. The summed E-state index contributed by atoms with van der Waals surface area (Å²) in [5, 5.41) is 2.96. The molecule has 7 nitrogen and oxygen atoms in total. The average molecular weight is 409 g/mol. The van der Waals surface area contributed by atoms with Gasteiger partial charge in [0.2, 0.25) is 5.95 Å². The van der Waals surface area contributed by atoms with Gasteiger partial charge >= 0.3 is 0 Å². The Labute approximate surface area is 178 Å². The van der Waals surface area contributed by atoms with Crippen LogP contribution >= 0.6 is 0 Å². The van der Waals surface area contributed by atoms with Gasteiger partial charge in [-0.3, -0.25) is 20.1 Å². The number of aromatic nitrogens is 4. The van der Waals surface area contributed by atoms with Crippen LogP contribution in [-0.4, -0.2) is 25.4 Å². The Morgan fingerprint density at radius 3 is 2.71 bits per heavy atom. The van der Waals surface area contributed by atoms with Gasteiger partial charge in [-0.2, -0.15) is 0 Å². The summed E-state index contributed by atoms with van der Waals surface area (Å²) in [6.07, 6.45) is 5.68. The molecule has 0 spiro atoms. The molecular formula is C24H19N5O2. The lowest BCUT2D eigenvalue weighted by Gasteiger charge is -2.10. The smallest absolute Gasteiger partial charge is 0.258 e. The molecular weight excluding hydrogens is 390 g/mol. The Morgan fingerprint density at radius 1 is 0.968 bits per heavy atom. The van der Waals surface area contributed by atoms with Crippen molar-refractivity contribution in [3.8, 4) is 11.5 Å². The molecule has 0 aliphatic rings. The Balaban J connectivity index is 1.43. The second kappa shape index (κ2) is 8.23. The summed E-state index contributed by atoms with van der Waals surface area (Å²) in [5.41, 5.74) is 3.84. The normalized spacial score (nSPS) is 11.0. The molecule has 0 radical (unpaired) electrons. The van der Waals surface area contributed by atoms with Gasteiger partial charge in [-0.1, -0.05) is 18.2 Å². The van der Waals surface area contributed by atoms with Crippen molar-refractivity contribution in [3.63, 3.8) is 0 Å². The minimum Gasteiger partial charge on any atom is -0.463 e. The number of anilines is 1. The zero-order valence-electron chi connectivity index (χ0n) is 16.6. The third kappa shape index (κ3) is 3.93. The molecule has 7 heteroatoms. The maximum absolute atomic E-state index is 13.0. The molecule has 0 unspecified atom stereocenters. The van der Waals surface area contributed by atoms with E-state index in [-0.39, 0.29) is 5.91 Å². The Kier molecular flexibility index (Phi) is 4.98. The molecule has 0 atom stereocenters. The van der Waals surface area contributed by atoms with Crippen LogP contribution in [0.4, 0.5) is 5.95 Å². The fourth-order valence-electron chi connectivity index (χ4n) is 3.47. The van der Waals surface area contributed by atoms with Gasteiger partial charge in [0.15, 0.2) is 5.76 Å². The molecule has 0 bridgehead atoms. The zero-order valence-corrected chi connectivity index (χ0v) is 16.6. The van der Waals surface area contributed by atoms with Gasteiger partial charge in [0.25, 0.3) is 5.91 Å². The predicted octanol–water partition coefficient (Wildman–Crippen LogP) is 4.58. The standard InChI is InChI=1S/C24H19N5O2/c30-23(17-10-13-26-20(16-17)22-9-5-15-31-22)28-24-27-19-7-1-2-8-21(19)29(24)14-11-18-6-3-4-12-25-18/h1-10,12-13,15-16H,11,14H2,(H,27,28,30). The number of amides is 1. The van der Waals surface area contributed by atoms with E-state index < -0.39 is 0 Å². The molecule has 152 valence electrons. The first kappa shape index (κ1) is 18.7. The number of carbonyl (C=O) groups is 1. The monoisotopic (exact) mass is 409 g/mol. The first-order valence-electron chi connectivity index (χ1n) is 9.94. The highest BCUT2D eigenvalue weighted by Crippen LogP contribution is 2.22. The molecule has 5 aromatic rings. The van der Waals surface area contributed by atoms with Crippen molar-refractivity contribution in [3.05, 3.63) is 96.6 Å². The van der Waals surface area contributed by atoms with E-state index in [4.69, 9.17) is 4.42 Å². The van der Waals surface area contributed by atoms with Gasteiger partial charge in [-0.05, 0) is 48.5 Å². The first-order valence-corrected chi connectivity index (χ1v) is 9.94. The quantitative estimate of drug-likeness (QED) is 0.444. The molecule has 31 heavy (non-hydrogen) atoms. The number of nitrogens with zero attached hydrogens (tertiary/aromatic N) is 4. The number of aryl methyl sites for hydroxylation is 2. The number of benzene rings is 1. The largest absolute Gasteiger partial charge is 0.463 e. The van der Waals surface area contributed by atoms with Crippen molar-refractivity contribution in [1.29, 1.82) is 0 Å². The van der Waals surface area contributed by atoms with Gasteiger partial charge in [0, 0.05) is 36.6 Å². The number of fused-ring (bicyclic) bond motifs is 1. The van der Waals surface area contributed by atoms with Crippen LogP contribution in [0.2, 0.25) is 0 Å². The number of carbonyl (C=O) groups excluding carboxylic acids is 1. The summed E-state index contributed by atoms with van der Waals surface area (Å²) in [7, 11) is 0. The van der Waals surface area contributed by atoms with E-state index in [1.807, 2.05) is 47.0 Å². The van der Waals surface area contributed by atoms with Gasteiger partial charge in [-0.25, -0.2) is 4.98 Å². The lowest BCUT2D eigenvalue weighted by Crippen LogP contribution is -2.17. The number of hydrogen-bond donors (Lipinski definition) is 1. The number of para-hydroxylation sites is 2. The van der Waals surface area contributed by atoms with Crippen molar-refractivity contribution in [2.24, 2.45) is 0 Å². The van der Waals surface area contributed by atoms with Crippen LogP contribution in [-0.2, 0) is 13.0 Å². The van der Waals surface area contributed by atoms with Gasteiger partial charge in [0.1, 0.15) is 5.69 Å². The second-order valence-corrected chi connectivity index (χ2v) is 7.01. The highest BCUT2D eigenvalue weighted by molar-refractivity contribution is 6.04. The Bertz CT molecular complexity index is 1330. The zero-order chi connectivity index (χ0) is 21.0. The number of imidazole rings is 1. The van der Waals surface area contributed by atoms with Crippen LogP contribution in [0.5, 0.6) is 0 Å². The molecule has 1 amide bonds. The van der Waals surface area contributed by atoms with Gasteiger partial charge < -0.3 is 8.98 Å². The third-order valence-corrected chi connectivity index (χ3v) is 4.99. The highest BCUT2D eigenvalue weighted by Gasteiger charge is 2.16. The number of pyridine rings is 2. The summed E-state index contributed by atoms with van der Waals surface area (Å²) in [6.45, 7) is 0.640. The van der Waals surface area contributed by atoms with Crippen molar-refractivity contribution in [1.82, 2.24) is 19.5 Å². The molecule has 0 aliphatic heterocycles. The van der Waals surface area contributed by atoms with Crippen molar-refractivity contribution >= 4 is 22.9 Å². The van der Waals surface area contributed by atoms with Gasteiger partial charge in [0.05, 0.1) is 17.3 Å². The second-order valence-electron chi connectivity index (χ2n) is 7.01. The SMILES string of the molecule is O=C(Nc1nc2ccccc2n1CCc1ccccn1)c1ccnc(-c2ccco2)c1. The molecule has 0 fully saturated rings. The molecule has 1 N–H and O–H groups in total. The molecule has 4 heterocycles. The number of nitrogens with one attached hydrogen (secondary N) is 1. The molecule has 0 saturated heterocycles. The minimum absolute atomic E-state index is 0.260. The summed E-state index contributed by atoms with van der Waals surface area (Å²) in [6, 6.07) is 20.6. The van der Waals surface area contributed by atoms with Crippen LogP contribution in [0.25, 0.3) is 22.5 Å². The number of hydrogen-bond acceptors (Lipinski definition) is 5. The molecule has 0 saturated carbocycles. The number of furan rings is 1. The maximum atomic E-state index is 13.0. The van der Waals surface area contributed by atoms with E-state index in [1.165, 1.54) is 0 Å². The molecule has 0 aliphatic carbocycles. The van der Waals surface area contributed by atoms with E-state index >= 15 is 0 Å². The highest BCUT2D eigenvalue weighted by atomic mass is 16.3. The van der Waals surface area contributed by atoms with Crippen LogP contribution in [0.15, 0.2) is 89.8 Å². The Hall–Kier alpha value is -4.26. The minimum atomic E-state index is -0.260. The summed E-state index contributed by atoms with van der Waals surface area (Å²) in [4.78, 5) is 26.3. The average Bonchev–Trinajstić information content (AvgIpc) is 3.47. The third-order valence-electron chi connectivity index (χ3n) is 4.99. The fraction of sp³-hybridized carbons (Fsp3) is 0.0833. The van der Waals surface area contributed by atoms with E-state index in [0.717, 1.165) is 23.1 Å². The molecule has 5 rings (SSSR count). The van der Waals surface area contributed by atoms with Crippen molar-refractivity contribution in [2.45, 2.75) is 13.0 Å². The van der Waals surface area contributed by atoms with E-state index in [1.54, 1.807) is 42.9 Å². The van der Waals surface area contributed by atoms with Crippen LogP contribution in [0.3, 0.4) is 0 Å². The first-order chi connectivity index (χ1) is 15.3. The van der Waals surface area contributed by atoms with Crippen LogP contribution in [0.1, 0.15) is 16.1 Å².